The Morgan fingerprint density at radius 3 is 2.48 bits per heavy atom. The summed E-state index contributed by atoms with van der Waals surface area (Å²) in [6.07, 6.45) is 0. The van der Waals surface area contributed by atoms with Gasteiger partial charge in [-0.05, 0) is 50.6 Å². The number of hydrogen-bond acceptors (Lipinski definition) is 2. The topological polar surface area (TPSA) is 21.3 Å². The quantitative estimate of drug-likeness (QED) is 0.804. The van der Waals surface area contributed by atoms with Gasteiger partial charge in [0.25, 0.3) is 0 Å². The van der Waals surface area contributed by atoms with E-state index in [0.29, 0.717) is 12.6 Å². The molecule has 0 aliphatic carbocycles. The molecule has 0 fully saturated rings. The van der Waals surface area contributed by atoms with Crippen molar-refractivity contribution in [3.63, 3.8) is 0 Å². The van der Waals surface area contributed by atoms with Gasteiger partial charge in [-0.15, -0.1) is 0 Å². The molecule has 0 heterocycles. The van der Waals surface area contributed by atoms with E-state index in [2.05, 4.69) is 72.3 Å². The summed E-state index contributed by atoms with van der Waals surface area (Å²) >= 11 is 3.51. The van der Waals surface area contributed by atoms with Gasteiger partial charge in [0.05, 0.1) is 0 Å². The summed E-state index contributed by atoms with van der Waals surface area (Å²) in [5.74, 6) is 0.921. The Bertz CT molecular complexity index is 568. The van der Waals surface area contributed by atoms with Crippen LogP contribution in [0.4, 0.5) is 0 Å². The second-order valence-electron chi connectivity index (χ2n) is 5.47. The lowest BCUT2D eigenvalue weighted by molar-refractivity contribution is 0.264. The molecule has 0 saturated heterocycles. The van der Waals surface area contributed by atoms with Crippen molar-refractivity contribution in [1.29, 1.82) is 0 Å². The number of hydrogen-bond donors (Lipinski definition) is 1. The number of halogens is 1. The first-order valence-electron chi connectivity index (χ1n) is 7.25. The summed E-state index contributed by atoms with van der Waals surface area (Å²) in [5.41, 5.74) is 2.52. The normalized spacial score (nSPS) is 13.7. The highest BCUT2D eigenvalue weighted by molar-refractivity contribution is 9.10. The fourth-order valence-corrected chi connectivity index (χ4v) is 2.62. The molecular formula is C18H22BrNO. The van der Waals surface area contributed by atoms with Crippen molar-refractivity contribution in [3.05, 3.63) is 64.1 Å². The van der Waals surface area contributed by atoms with E-state index >= 15 is 0 Å². The van der Waals surface area contributed by atoms with Crippen LogP contribution in [-0.4, -0.2) is 12.6 Å². The van der Waals surface area contributed by atoms with Crippen molar-refractivity contribution in [2.75, 3.05) is 6.61 Å². The lowest BCUT2D eigenvalue weighted by atomic mass is 10.1. The van der Waals surface area contributed by atoms with Crippen molar-refractivity contribution < 1.29 is 4.74 Å². The van der Waals surface area contributed by atoms with Crippen LogP contribution < -0.4 is 10.1 Å². The maximum atomic E-state index is 5.81. The van der Waals surface area contributed by atoms with E-state index in [9.17, 15) is 0 Å². The molecule has 3 heteroatoms. The van der Waals surface area contributed by atoms with E-state index in [1.54, 1.807) is 0 Å². The second-order valence-corrected chi connectivity index (χ2v) is 6.38. The van der Waals surface area contributed by atoms with Gasteiger partial charge in [-0.1, -0.05) is 45.8 Å². The molecule has 0 bridgehead atoms. The predicted molar refractivity (Wildman–Crippen MR) is 91.8 cm³/mol. The first-order chi connectivity index (χ1) is 10.0. The summed E-state index contributed by atoms with van der Waals surface area (Å²) in [5, 5.41) is 3.56. The molecule has 2 nitrogen and oxygen atoms in total. The fraction of sp³-hybridized carbons (Fsp3) is 0.333. The molecule has 2 unspecified atom stereocenters. The minimum Gasteiger partial charge on any atom is -0.492 e. The minimum absolute atomic E-state index is 0.278. The molecule has 0 aliphatic rings. The van der Waals surface area contributed by atoms with Gasteiger partial charge < -0.3 is 10.1 Å². The zero-order valence-corrected chi connectivity index (χ0v) is 14.4. The molecule has 0 saturated carbocycles. The van der Waals surface area contributed by atoms with E-state index < -0.39 is 0 Å². The third-order valence-electron chi connectivity index (χ3n) is 3.40. The van der Waals surface area contributed by atoms with Crippen molar-refractivity contribution >= 4 is 15.9 Å². The highest BCUT2D eigenvalue weighted by Gasteiger charge is 2.10. The van der Waals surface area contributed by atoms with Gasteiger partial charge >= 0.3 is 0 Å². The predicted octanol–water partition coefficient (Wildman–Crippen LogP) is 4.88. The van der Waals surface area contributed by atoms with Crippen LogP contribution in [-0.2, 0) is 0 Å². The van der Waals surface area contributed by atoms with Gasteiger partial charge in [0.2, 0.25) is 0 Å². The Kier molecular flexibility index (Phi) is 5.83. The van der Waals surface area contributed by atoms with Crippen LogP contribution in [0.25, 0.3) is 0 Å². The molecule has 0 radical (unpaired) electrons. The van der Waals surface area contributed by atoms with E-state index in [4.69, 9.17) is 4.74 Å². The van der Waals surface area contributed by atoms with Crippen molar-refractivity contribution in [1.82, 2.24) is 5.32 Å². The van der Waals surface area contributed by atoms with Crippen LogP contribution in [0.15, 0.2) is 53.0 Å². The second kappa shape index (κ2) is 7.62. The highest BCUT2D eigenvalue weighted by Crippen LogP contribution is 2.18. The van der Waals surface area contributed by atoms with Crippen LogP contribution in [0.2, 0.25) is 0 Å². The van der Waals surface area contributed by atoms with Crippen molar-refractivity contribution in [2.45, 2.75) is 32.9 Å². The molecule has 112 valence electrons. The van der Waals surface area contributed by atoms with Crippen molar-refractivity contribution in [2.24, 2.45) is 0 Å². The molecule has 0 aliphatic heterocycles. The van der Waals surface area contributed by atoms with Gasteiger partial charge in [-0.2, -0.15) is 0 Å². The third-order valence-corrected chi connectivity index (χ3v) is 3.90. The molecule has 21 heavy (non-hydrogen) atoms. The average molecular weight is 348 g/mol. The van der Waals surface area contributed by atoms with Gasteiger partial charge in [0, 0.05) is 16.6 Å². The number of rotatable bonds is 6. The lowest BCUT2D eigenvalue weighted by Crippen LogP contribution is -2.33. The highest BCUT2D eigenvalue weighted by atomic mass is 79.9. The van der Waals surface area contributed by atoms with Crippen molar-refractivity contribution in [3.8, 4) is 5.75 Å². The van der Waals surface area contributed by atoms with Gasteiger partial charge in [0.1, 0.15) is 12.4 Å². The third kappa shape index (κ3) is 5.18. The average Bonchev–Trinajstić information content (AvgIpc) is 2.46. The van der Waals surface area contributed by atoms with E-state index in [0.717, 1.165) is 10.2 Å². The zero-order chi connectivity index (χ0) is 15.2. The smallest absolute Gasteiger partial charge is 0.119 e. The molecule has 2 rings (SSSR count). The van der Waals surface area contributed by atoms with E-state index in [-0.39, 0.29) is 6.04 Å². The SMILES string of the molecule is Cc1ccc(OCC(C)NC(C)c2cccc(Br)c2)cc1. The minimum atomic E-state index is 0.278. The Balaban J connectivity index is 1.83. The maximum absolute atomic E-state index is 5.81. The largest absolute Gasteiger partial charge is 0.492 e. The molecule has 0 aromatic heterocycles. The van der Waals surface area contributed by atoms with Gasteiger partial charge in [-0.3, -0.25) is 0 Å². The van der Waals surface area contributed by atoms with Crippen LogP contribution in [0.1, 0.15) is 31.0 Å². The molecule has 2 aromatic carbocycles. The molecule has 1 N–H and O–H groups in total. The number of ether oxygens (including phenoxy) is 1. The Labute approximate surface area is 135 Å². The van der Waals surface area contributed by atoms with Crippen LogP contribution in [0.5, 0.6) is 5.75 Å². The molecular weight excluding hydrogens is 326 g/mol. The zero-order valence-electron chi connectivity index (χ0n) is 12.8. The molecule has 0 spiro atoms. The van der Waals surface area contributed by atoms with Crippen LogP contribution in [0, 0.1) is 6.92 Å². The number of benzene rings is 2. The summed E-state index contributed by atoms with van der Waals surface area (Å²) < 4.78 is 6.92. The standard InChI is InChI=1S/C18H22BrNO/c1-13-7-9-18(10-8-13)21-12-14(2)20-15(3)16-5-4-6-17(19)11-16/h4-11,14-15,20H,12H2,1-3H3. The molecule has 0 amide bonds. The summed E-state index contributed by atoms with van der Waals surface area (Å²) in [6.45, 7) is 7.04. The molecule has 2 aromatic rings. The maximum Gasteiger partial charge on any atom is 0.119 e. The first kappa shape index (κ1) is 16.1. The summed E-state index contributed by atoms with van der Waals surface area (Å²) in [7, 11) is 0. The number of nitrogens with one attached hydrogen (secondary N) is 1. The van der Waals surface area contributed by atoms with E-state index in [1.165, 1.54) is 11.1 Å². The van der Waals surface area contributed by atoms with Crippen LogP contribution >= 0.6 is 15.9 Å². The Morgan fingerprint density at radius 1 is 1.10 bits per heavy atom. The monoisotopic (exact) mass is 347 g/mol. The number of aryl methyl sites for hydroxylation is 1. The van der Waals surface area contributed by atoms with Gasteiger partial charge in [0.15, 0.2) is 0 Å². The lowest BCUT2D eigenvalue weighted by Gasteiger charge is -2.21. The first-order valence-corrected chi connectivity index (χ1v) is 8.05. The summed E-state index contributed by atoms with van der Waals surface area (Å²) in [4.78, 5) is 0. The Morgan fingerprint density at radius 2 is 1.81 bits per heavy atom. The van der Waals surface area contributed by atoms with Crippen LogP contribution in [0.3, 0.4) is 0 Å². The van der Waals surface area contributed by atoms with Gasteiger partial charge in [-0.25, -0.2) is 0 Å². The Hall–Kier alpha value is -1.32. The summed E-state index contributed by atoms with van der Waals surface area (Å²) in [6, 6.07) is 17.1. The molecule has 2 atom stereocenters. The fourth-order valence-electron chi connectivity index (χ4n) is 2.20. The van der Waals surface area contributed by atoms with E-state index in [1.807, 2.05) is 18.2 Å².